The molecule has 2 aromatic heterocycles. The van der Waals surface area contributed by atoms with Crippen molar-refractivity contribution in [2.24, 2.45) is 17.2 Å². The van der Waals surface area contributed by atoms with Crippen LogP contribution in [0.25, 0.3) is 17.1 Å². The smallest absolute Gasteiger partial charge is 0.187 e. The van der Waals surface area contributed by atoms with Crippen LogP contribution in [0.2, 0.25) is 0 Å². The molecule has 4 N–H and O–H groups in total. The van der Waals surface area contributed by atoms with Gasteiger partial charge in [-0.25, -0.2) is 20.5 Å². The highest BCUT2D eigenvalue weighted by molar-refractivity contribution is 5.91. The predicted molar refractivity (Wildman–Crippen MR) is 107 cm³/mol. The average Bonchev–Trinajstić information content (AvgIpc) is 3.19. The second kappa shape index (κ2) is 7.98. The molecule has 0 radical (unpaired) electrons. The van der Waals surface area contributed by atoms with Crippen molar-refractivity contribution in [1.29, 1.82) is 5.53 Å². The maximum absolute atomic E-state index is 9.35. The molecule has 1 unspecified atom stereocenters. The Kier molecular flexibility index (Phi) is 5.08. The second-order valence-electron chi connectivity index (χ2n) is 6.47. The summed E-state index contributed by atoms with van der Waals surface area (Å²) < 4.78 is 1.71. The van der Waals surface area contributed by atoms with Crippen molar-refractivity contribution in [3.63, 3.8) is 0 Å². The van der Waals surface area contributed by atoms with Crippen molar-refractivity contribution >= 4 is 11.5 Å². The van der Waals surface area contributed by atoms with Crippen LogP contribution in [0.15, 0.2) is 65.4 Å². The van der Waals surface area contributed by atoms with E-state index in [1.54, 1.807) is 17.1 Å². The topological polar surface area (TPSA) is 136 Å². The molecule has 1 aliphatic rings. The van der Waals surface area contributed by atoms with E-state index in [0.29, 0.717) is 18.2 Å². The zero-order valence-corrected chi connectivity index (χ0v) is 15.6. The minimum Gasteiger partial charge on any atom is -0.505 e. The first-order valence-corrected chi connectivity index (χ1v) is 8.87. The van der Waals surface area contributed by atoms with E-state index in [1.807, 2.05) is 37.5 Å². The highest BCUT2D eigenvalue weighted by Crippen LogP contribution is 2.18. The van der Waals surface area contributed by atoms with Crippen LogP contribution in [0.4, 0.5) is 0 Å². The van der Waals surface area contributed by atoms with Crippen molar-refractivity contribution in [2.45, 2.75) is 12.7 Å². The lowest BCUT2D eigenvalue weighted by Crippen LogP contribution is -2.47. The Bertz CT molecular complexity index is 1090. The van der Waals surface area contributed by atoms with E-state index in [1.165, 1.54) is 12.4 Å². The fourth-order valence-corrected chi connectivity index (χ4v) is 2.93. The van der Waals surface area contributed by atoms with Gasteiger partial charge in [0.1, 0.15) is 6.17 Å². The van der Waals surface area contributed by atoms with E-state index >= 15 is 0 Å². The van der Waals surface area contributed by atoms with Gasteiger partial charge in [0.15, 0.2) is 17.4 Å². The molecule has 10 nitrogen and oxygen atoms in total. The molecular weight excluding hydrogens is 370 g/mol. The Balaban J connectivity index is 1.47. The van der Waals surface area contributed by atoms with Crippen molar-refractivity contribution in [3.8, 4) is 17.1 Å². The fourth-order valence-electron chi connectivity index (χ4n) is 2.93. The molecule has 0 fully saturated rings. The van der Waals surface area contributed by atoms with Crippen LogP contribution in [0.5, 0.6) is 5.75 Å². The van der Waals surface area contributed by atoms with E-state index in [0.717, 1.165) is 22.4 Å². The molecule has 3 heterocycles. The summed E-state index contributed by atoms with van der Waals surface area (Å²) in [6, 6.07) is 7.77. The van der Waals surface area contributed by atoms with Gasteiger partial charge in [0.2, 0.25) is 0 Å². The summed E-state index contributed by atoms with van der Waals surface area (Å²) in [5.74, 6) is 0.902. The number of nitrogens with zero attached hydrogens (tertiary/aromatic N) is 6. The molecule has 3 aromatic rings. The molecule has 0 spiro atoms. The van der Waals surface area contributed by atoms with Crippen molar-refractivity contribution in [2.75, 3.05) is 0 Å². The minimum absolute atomic E-state index is 0.0263. The summed E-state index contributed by atoms with van der Waals surface area (Å²) in [4.78, 5) is 12.6. The molecule has 0 saturated carbocycles. The van der Waals surface area contributed by atoms with Gasteiger partial charge in [-0.3, -0.25) is 10.00 Å². The van der Waals surface area contributed by atoms with Crippen LogP contribution < -0.4 is 10.6 Å². The largest absolute Gasteiger partial charge is 0.505 e. The predicted octanol–water partition coefficient (Wildman–Crippen LogP) is 2.03. The molecule has 1 atom stereocenters. The number of aliphatic imine (C=N–C) groups is 1. The number of aromatic nitrogens is 4. The third-order valence-corrected chi connectivity index (χ3v) is 4.35. The standard InChI is InChI=1S/C19H19N9O/c1-28-11-14(7-25-28)16-10-24-19(27-20)18(26-16)21-6-12-3-2-4-13(5-12)17-22-8-15(29)9-23-17/h2-5,7-11,18,20-21,26,29H,6H2,1H3. The van der Waals surface area contributed by atoms with Crippen LogP contribution in [0, 0.1) is 5.53 Å². The van der Waals surface area contributed by atoms with Gasteiger partial charge in [-0.2, -0.15) is 5.10 Å². The maximum atomic E-state index is 9.35. The van der Waals surface area contributed by atoms with Crippen molar-refractivity contribution in [3.05, 3.63) is 66.4 Å². The molecule has 0 amide bonds. The van der Waals surface area contributed by atoms with E-state index in [-0.39, 0.29) is 5.75 Å². The molecule has 1 aliphatic heterocycles. The molecule has 0 bridgehead atoms. The van der Waals surface area contributed by atoms with Gasteiger partial charge in [-0.15, -0.1) is 5.11 Å². The highest BCUT2D eigenvalue weighted by atomic mass is 16.3. The molecule has 10 heteroatoms. The molecule has 0 aliphatic carbocycles. The number of nitrogens with one attached hydrogen (secondary N) is 3. The van der Waals surface area contributed by atoms with Gasteiger partial charge in [0, 0.05) is 30.9 Å². The number of aromatic hydroxyl groups is 1. The lowest BCUT2D eigenvalue weighted by Gasteiger charge is -2.24. The first-order valence-electron chi connectivity index (χ1n) is 8.87. The number of aryl methyl sites for hydroxylation is 1. The number of rotatable bonds is 5. The Morgan fingerprint density at radius 2 is 2.07 bits per heavy atom. The number of hydrogen-bond acceptors (Lipinski definition) is 9. The summed E-state index contributed by atoms with van der Waals surface area (Å²) in [6.45, 7) is 0.512. The van der Waals surface area contributed by atoms with Crippen LogP contribution >= 0.6 is 0 Å². The third kappa shape index (κ3) is 4.17. The molecule has 1 aromatic carbocycles. The lowest BCUT2D eigenvalue weighted by atomic mass is 10.1. The average molecular weight is 389 g/mol. The quantitative estimate of drug-likeness (QED) is 0.493. The van der Waals surface area contributed by atoms with E-state index in [4.69, 9.17) is 5.53 Å². The van der Waals surface area contributed by atoms with Gasteiger partial charge in [-0.1, -0.05) is 18.2 Å². The highest BCUT2D eigenvalue weighted by Gasteiger charge is 2.21. The second-order valence-corrected chi connectivity index (χ2v) is 6.47. The molecule has 4 rings (SSSR count). The van der Waals surface area contributed by atoms with Gasteiger partial charge >= 0.3 is 0 Å². The fraction of sp³-hybridized carbons (Fsp3) is 0.158. The normalized spacial score (nSPS) is 16.0. The summed E-state index contributed by atoms with van der Waals surface area (Å²) in [6.07, 6.45) is 7.59. The first-order chi connectivity index (χ1) is 14.1. The third-order valence-electron chi connectivity index (χ3n) is 4.35. The maximum Gasteiger partial charge on any atom is 0.187 e. The number of benzene rings is 1. The van der Waals surface area contributed by atoms with E-state index < -0.39 is 6.17 Å². The molecule has 146 valence electrons. The molecule has 0 saturated heterocycles. The zero-order chi connectivity index (χ0) is 20.2. The van der Waals surface area contributed by atoms with Crippen LogP contribution in [-0.4, -0.2) is 36.9 Å². The Morgan fingerprint density at radius 1 is 1.24 bits per heavy atom. The monoisotopic (exact) mass is 389 g/mol. The minimum atomic E-state index is -0.415. The zero-order valence-electron chi connectivity index (χ0n) is 15.6. The van der Waals surface area contributed by atoms with Crippen LogP contribution in [-0.2, 0) is 13.6 Å². The van der Waals surface area contributed by atoms with Gasteiger partial charge in [0.25, 0.3) is 0 Å². The van der Waals surface area contributed by atoms with E-state index in [9.17, 15) is 5.11 Å². The van der Waals surface area contributed by atoms with Crippen LogP contribution in [0.1, 0.15) is 11.1 Å². The summed E-state index contributed by atoms with van der Waals surface area (Å²) in [5.41, 5.74) is 10.9. The molecule has 29 heavy (non-hydrogen) atoms. The summed E-state index contributed by atoms with van der Waals surface area (Å²) in [7, 11) is 1.85. The summed E-state index contributed by atoms with van der Waals surface area (Å²) in [5, 5.41) is 23.7. The number of hydrogen-bond donors (Lipinski definition) is 4. The number of amidine groups is 1. The van der Waals surface area contributed by atoms with Crippen molar-refractivity contribution < 1.29 is 5.11 Å². The van der Waals surface area contributed by atoms with Gasteiger partial charge < -0.3 is 10.4 Å². The van der Waals surface area contributed by atoms with Gasteiger partial charge in [-0.05, 0) is 11.6 Å². The first kappa shape index (κ1) is 18.4. The van der Waals surface area contributed by atoms with Crippen molar-refractivity contribution in [1.82, 2.24) is 30.4 Å². The van der Waals surface area contributed by atoms with Gasteiger partial charge in [0.05, 0.1) is 30.5 Å². The lowest BCUT2D eigenvalue weighted by molar-refractivity contribution is 0.470. The Morgan fingerprint density at radius 3 is 2.79 bits per heavy atom. The SMILES string of the molecule is Cn1cc(C2=CN=C(N=N)C(NCc3cccc(-c4ncc(O)cn4)c3)N2)cn1. The molecular formula is C19H19N9O. The van der Waals surface area contributed by atoms with E-state index in [2.05, 4.69) is 35.8 Å². The van der Waals surface area contributed by atoms with Crippen LogP contribution in [0.3, 0.4) is 0 Å². The Labute approximate surface area is 166 Å². The Hall–Kier alpha value is -3.92. The summed E-state index contributed by atoms with van der Waals surface area (Å²) >= 11 is 0.